The molecule has 2 aromatic carbocycles. The lowest BCUT2D eigenvalue weighted by atomic mass is 10.1. The van der Waals surface area contributed by atoms with Gasteiger partial charge in [0.2, 0.25) is 0 Å². The number of methoxy groups -OCH3 is 1. The van der Waals surface area contributed by atoms with E-state index >= 15 is 0 Å². The minimum Gasteiger partial charge on any atom is -0.496 e. The molecular formula is C28H30ClF2N5O5. The van der Waals surface area contributed by atoms with Gasteiger partial charge in [-0.1, -0.05) is 17.7 Å². The second kappa shape index (κ2) is 12.2. The molecule has 0 saturated carbocycles. The van der Waals surface area contributed by atoms with Crippen molar-refractivity contribution in [3.05, 3.63) is 64.9 Å². The van der Waals surface area contributed by atoms with Gasteiger partial charge in [-0.2, -0.15) is 0 Å². The summed E-state index contributed by atoms with van der Waals surface area (Å²) in [6, 6.07) is 7.37. The molecule has 3 aromatic rings. The normalized spacial score (nSPS) is 15.5. The molecule has 41 heavy (non-hydrogen) atoms. The van der Waals surface area contributed by atoms with Crippen LogP contribution in [0.25, 0.3) is 11.4 Å². The molecule has 1 fully saturated rings. The predicted molar refractivity (Wildman–Crippen MR) is 149 cm³/mol. The molecule has 13 heteroatoms. The number of aliphatic hydroxyl groups excluding tert-OH is 1. The minimum absolute atomic E-state index is 0.0132. The first-order chi connectivity index (χ1) is 19.4. The van der Waals surface area contributed by atoms with Crippen LogP contribution in [0.15, 0.2) is 42.6 Å². The number of carbonyl (C=O) groups excluding carboxylic acids is 2. The van der Waals surface area contributed by atoms with E-state index < -0.39 is 35.3 Å². The Labute approximate surface area is 240 Å². The fourth-order valence-corrected chi connectivity index (χ4v) is 4.53. The van der Waals surface area contributed by atoms with Crippen molar-refractivity contribution in [3.8, 4) is 17.1 Å². The Bertz CT molecular complexity index is 1450. The number of amides is 2. The van der Waals surface area contributed by atoms with Crippen molar-refractivity contribution >= 4 is 35.0 Å². The second-order valence-corrected chi connectivity index (χ2v) is 10.7. The molecule has 10 nitrogen and oxygen atoms in total. The van der Waals surface area contributed by atoms with Gasteiger partial charge in [-0.3, -0.25) is 9.69 Å². The van der Waals surface area contributed by atoms with E-state index in [0.717, 1.165) is 6.07 Å². The molecule has 0 bridgehead atoms. The topological polar surface area (TPSA) is 117 Å². The molecule has 1 aliphatic heterocycles. The van der Waals surface area contributed by atoms with Crippen molar-refractivity contribution in [3.63, 3.8) is 0 Å². The fourth-order valence-electron chi connectivity index (χ4n) is 4.37. The molecule has 4 rings (SSSR count). The molecule has 1 atom stereocenters. The van der Waals surface area contributed by atoms with Gasteiger partial charge >= 0.3 is 6.09 Å². The zero-order valence-electron chi connectivity index (χ0n) is 23.0. The highest BCUT2D eigenvalue weighted by atomic mass is 35.5. The summed E-state index contributed by atoms with van der Waals surface area (Å²) >= 11 is 6.10. The molecular weight excluding hydrogens is 560 g/mol. The first-order valence-electron chi connectivity index (χ1n) is 12.7. The van der Waals surface area contributed by atoms with Crippen molar-refractivity contribution in [2.45, 2.75) is 32.4 Å². The number of ether oxygens (including phenoxy) is 2. The van der Waals surface area contributed by atoms with Crippen LogP contribution in [0, 0.1) is 11.6 Å². The highest BCUT2D eigenvalue weighted by Crippen LogP contribution is 2.34. The van der Waals surface area contributed by atoms with Gasteiger partial charge in [-0.15, -0.1) is 0 Å². The van der Waals surface area contributed by atoms with Crippen LogP contribution in [0.1, 0.15) is 31.3 Å². The Kier molecular flexibility index (Phi) is 8.93. The third-order valence-electron chi connectivity index (χ3n) is 6.26. The Morgan fingerprint density at radius 2 is 1.93 bits per heavy atom. The highest BCUT2D eigenvalue weighted by Gasteiger charge is 2.34. The fraction of sp³-hybridized carbons (Fsp3) is 0.357. The van der Waals surface area contributed by atoms with Crippen molar-refractivity contribution < 1.29 is 33.0 Å². The van der Waals surface area contributed by atoms with Gasteiger partial charge in [0.25, 0.3) is 5.91 Å². The summed E-state index contributed by atoms with van der Waals surface area (Å²) in [7, 11) is 1.38. The number of carbonyl (C=O) groups is 2. The van der Waals surface area contributed by atoms with Crippen LogP contribution in [-0.4, -0.2) is 77.0 Å². The average molecular weight is 590 g/mol. The standard InChI is InChI=1S/C28H30ClF2N5O5/c1-28(2,3)41-27(39)36-11-10-35(14-16(36)15-37)22-12-17(29)19(31)13-21(22)34-26(38)20-8-9-32-25(33-20)24-18(30)6-5-7-23(24)40-4/h5-9,12-13,16,37H,10-11,14-15H2,1-4H3,(H,34,38)/t16-/m0/s1. The van der Waals surface area contributed by atoms with Gasteiger partial charge in [0.1, 0.15) is 28.7 Å². The van der Waals surface area contributed by atoms with E-state index in [0.29, 0.717) is 5.69 Å². The van der Waals surface area contributed by atoms with E-state index in [-0.39, 0.29) is 59.8 Å². The van der Waals surface area contributed by atoms with Crippen molar-refractivity contribution in [2.75, 3.05) is 43.6 Å². The predicted octanol–water partition coefficient (Wildman–Crippen LogP) is 4.75. The average Bonchev–Trinajstić information content (AvgIpc) is 2.93. The lowest BCUT2D eigenvalue weighted by Crippen LogP contribution is -2.57. The molecule has 0 radical (unpaired) electrons. The highest BCUT2D eigenvalue weighted by molar-refractivity contribution is 6.31. The SMILES string of the molecule is COc1cccc(F)c1-c1nccc(C(=O)Nc2cc(F)c(Cl)cc2N2CCN(C(=O)OC(C)(C)C)[C@H](CO)C2)n1. The van der Waals surface area contributed by atoms with Crippen LogP contribution in [0.3, 0.4) is 0 Å². The molecule has 2 heterocycles. The number of piperazine rings is 1. The Morgan fingerprint density at radius 1 is 1.17 bits per heavy atom. The molecule has 1 saturated heterocycles. The summed E-state index contributed by atoms with van der Waals surface area (Å²) in [4.78, 5) is 37.4. The third-order valence-corrected chi connectivity index (χ3v) is 6.55. The number of anilines is 2. The number of nitrogens with zero attached hydrogens (tertiary/aromatic N) is 4. The number of rotatable bonds is 6. The maximum absolute atomic E-state index is 14.6. The Balaban J connectivity index is 1.60. The third kappa shape index (κ3) is 6.83. The van der Waals surface area contributed by atoms with Gasteiger partial charge in [0.15, 0.2) is 5.82 Å². The zero-order valence-corrected chi connectivity index (χ0v) is 23.7. The van der Waals surface area contributed by atoms with Gasteiger partial charge in [-0.25, -0.2) is 23.5 Å². The molecule has 0 aliphatic carbocycles. The molecule has 2 N–H and O–H groups in total. The summed E-state index contributed by atoms with van der Waals surface area (Å²) in [6.07, 6.45) is 0.738. The quantitative estimate of drug-likeness (QED) is 0.423. The van der Waals surface area contributed by atoms with Gasteiger partial charge in [0, 0.05) is 31.9 Å². The number of nitrogens with one attached hydrogen (secondary N) is 1. The maximum Gasteiger partial charge on any atom is 0.410 e. The van der Waals surface area contributed by atoms with Crippen LogP contribution in [-0.2, 0) is 4.74 Å². The summed E-state index contributed by atoms with van der Waals surface area (Å²) in [5.41, 5.74) is -0.376. The maximum atomic E-state index is 14.6. The molecule has 0 spiro atoms. The van der Waals surface area contributed by atoms with Gasteiger partial charge < -0.3 is 24.8 Å². The molecule has 1 aromatic heterocycles. The number of hydrogen-bond acceptors (Lipinski definition) is 8. The van der Waals surface area contributed by atoms with Crippen LogP contribution in [0.2, 0.25) is 5.02 Å². The molecule has 1 aliphatic rings. The number of halogens is 3. The van der Waals surface area contributed by atoms with E-state index in [4.69, 9.17) is 21.1 Å². The minimum atomic E-state index is -0.767. The van der Waals surface area contributed by atoms with Crippen LogP contribution >= 0.6 is 11.6 Å². The monoisotopic (exact) mass is 589 g/mol. The van der Waals surface area contributed by atoms with Crippen molar-refractivity contribution in [1.82, 2.24) is 14.9 Å². The van der Waals surface area contributed by atoms with Gasteiger partial charge in [0.05, 0.1) is 41.7 Å². The van der Waals surface area contributed by atoms with Gasteiger partial charge in [-0.05, 0) is 45.0 Å². The van der Waals surface area contributed by atoms with Crippen LogP contribution in [0.4, 0.5) is 25.0 Å². The van der Waals surface area contributed by atoms with Crippen LogP contribution in [0.5, 0.6) is 5.75 Å². The van der Waals surface area contributed by atoms with E-state index in [1.165, 1.54) is 42.5 Å². The first-order valence-corrected chi connectivity index (χ1v) is 13.1. The molecule has 0 unspecified atom stereocenters. The molecule has 2 amide bonds. The van der Waals surface area contributed by atoms with E-state index in [9.17, 15) is 23.5 Å². The number of benzene rings is 2. The number of aromatic nitrogens is 2. The lowest BCUT2D eigenvalue weighted by molar-refractivity contribution is 0.00705. The van der Waals surface area contributed by atoms with E-state index in [2.05, 4.69) is 15.3 Å². The second-order valence-electron chi connectivity index (χ2n) is 10.3. The van der Waals surface area contributed by atoms with E-state index in [1.54, 1.807) is 31.7 Å². The first kappa shape index (κ1) is 29.9. The smallest absolute Gasteiger partial charge is 0.410 e. The van der Waals surface area contributed by atoms with Crippen LogP contribution < -0.4 is 15.0 Å². The van der Waals surface area contributed by atoms with Crippen molar-refractivity contribution in [2.24, 2.45) is 0 Å². The van der Waals surface area contributed by atoms with Crippen molar-refractivity contribution in [1.29, 1.82) is 0 Å². The summed E-state index contributed by atoms with van der Waals surface area (Å²) in [6.45, 7) is 5.53. The lowest BCUT2D eigenvalue weighted by Gasteiger charge is -2.42. The summed E-state index contributed by atoms with van der Waals surface area (Å²) < 4.78 is 39.8. The number of hydrogen-bond donors (Lipinski definition) is 2. The Morgan fingerprint density at radius 3 is 2.61 bits per heavy atom. The number of aliphatic hydroxyl groups is 1. The summed E-state index contributed by atoms with van der Waals surface area (Å²) in [5.74, 6) is -1.99. The summed E-state index contributed by atoms with van der Waals surface area (Å²) in [5, 5.41) is 12.5. The molecule has 218 valence electrons. The Hall–Kier alpha value is -4.03. The zero-order chi connectivity index (χ0) is 29.9. The largest absolute Gasteiger partial charge is 0.496 e. The van der Waals surface area contributed by atoms with E-state index in [1.807, 2.05) is 0 Å².